The molecule has 4 rings (SSSR count). The minimum atomic E-state index is -0.229. The molecule has 3 heterocycles. The first-order chi connectivity index (χ1) is 15.6. The highest BCUT2D eigenvalue weighted by molar-refractivity contribution is 5.92. The van der Waals surface area contributed by atoms with Crippen molar-refractivity contribution in [1.82, 2.24) is 9.47 Å². The maximum atomic E-state index is 13.2. The minimum absolute atomic E-state index is 0.0442. The van der Waals surface area contributed by atoms with Gasteiger partial charge in [-0.1, -0.05) is 32.9 Å². The maximum absolute atomic E-state index is 13.2. The molecule has 0 spiro atoms. The number of likely N-dealkylation sites (tertiary alicyclic amines) is 1. The second kappa shape index (κ2) is 9.04. The summed E-state index contributed by atoms with van der Waals surface area (Å²) in [5.41, 5.74) is 1.90. The standard InChI is InChI=1S/C26H33N3O4/c1-26(2,3)13-24(31)28-14-18-11-19(16-28)22-10-9-21(25(32)29(22)15-18)27-23(30)12-17-5-7-20(33-4)8-6-17/h5-10,18-19H,11-16H2,1-4H3,(H,27,30)/t18-,19+/m0/s1. The Balaban J connectivity index is 1.46. The fourth-order valence-corrected chi connectivity index (χ4v) is 4.93. The molecule has 1 saturated heterocycles. The number of anilines is 1. The van der Waals surface area contributed by atoms with Crippen molar-refractivity contribution in [3.05, 3.63) is 58.0 Å². The van der Waals surface area contributed by atoms with E-state index in [4.69, 9.17) is 4.74 Å². The SMILES string of the molecule is COc1ccc(CC(=O)Nc2ccc3n(c2=O)C[C@H]2C[C@@H]3CN(C(=O)CC(C)(C)C)C2)cc1. The summed E-state index contributed by atoms with van der Waals surface area (Å²) in [7, 11) is 1.60. The summed E-state index contributed by atoms with van der Waals surface area (Å²) in [4.78, 5) is 40.5. The first kappa shape index (κ1) is 23.1. The Bertz CT molecular complexity index is 1100. The third-order valence-electron chi connectivity index (χ3n) is 6.44. The molecule has 2 amide bonds. The molecule has 7 heteroatoms. The molecule has 1 aromatic carbocycles. The van der Waals surface area contributed by atoms with Crippen molar-refractivity contribution < 1.29 is 14.3 Å². The Morgan fingerprint density at radius 1 is 1.06 bits per heavy atom. The average Bonchev–Trinajstić information content (AvgIpc) is 2.75. The molecule has 2 atom stereocenters. The van der Waals surface area contributed by atoms with Crippen LogP contribution in [0.2, 0.25) is 0 Å². The van der Waals surface area contributed by atoms with Gasteiger partial charge in [0.1, 0.15) is 11.4 Å². The molecular formula is C26H33N3O4. The number of hydrogen-bond acceptors (Lipinski definition) is 4. The third kappa shape index (κ3) is 5.29. The number of aromatic nitrogens is 1. The molecule has 1 fully saturated rings. The average molecular weight is 452 g/mol. The third-order valence-corrected chi connectivity index (χ3v) is 6.44. The lowest BCUT2D eigenvalue weighted by Crippen LogP contribution is -2.49. The highest BCUT2D eigenvalue weighted by Crippen LogP contribution is 2.36. The molecule has 2 bridgehead atoms. The van der Waals surface area contributed by atoms with Crippen LogP contribution >= 0.6 is 0 Å². The second-order valence-corrected chi connectivity index (χ2v) is 10.5. The Kier molecular flexibility index (Phi) is 6.32. The molecule has 1 aromatic heterocycles. The van der Waals surface area contributed by atoms with E-state index in [2.05, 4.69) is 26.1 Å². The van der Waals surface area contributed by atoms with Gasteiger partial charge in [-0.05, 0) is 47.6 Å². The summed E-state index contributed by atoms with van der Waals surface area (Å²) in [6, 6.07) is 10.9. The molecule has 176 valence electrons. The number of amides is 2. The molecule has 7 nitrogen and oxygen atoms in total. The zero-order valence-corrected chi connectivity index (χ0v) is 19.9. The lowest BCUT2D eigenvalue weighted by molar-refractivity contribution is -0.135. The predicted molar refractivity (Wildman–Crippen MR) is 128 cm³/mol. The largest absolute Gasteiger partial charge is 0.497 e. The van der Waals surface area contributed by atoms with Gasteiger partial charge in [0.2, 0.25) is 11.8 Å². The van der Waals surface area contributed by atoms with Crippen LogP contribution in [0.15, 0.2) is 41.2 Å². The number of benzene rings is 1. The summed E-state index contributed by atoms with van der Waals surface area (Å²) in [5.74, 6) is 1.10. The zero-order valence-electron chi connectivity index (χ0n) is 19.9. The first-order valence-corrected chi connectivity index (χ1v) is 11.6. The van der Waals surface area contributed by atoms with E-state index in [1.54, 1.807) is 17.7 Å². The highest BCUT2D eigenvalue weighted by atomic mass is 16.5. The van der Waals surface area contributed by atoms with Crippen LogP contribution in [0, 0.1) is 11.3 Å². The van der Waals surface area contributed by atoms with Crippen LogP contribution in [-0.4, -0.2) is 41.5 Å². The number of pyridine rings is 1. The van der Waals surface area contributed by atoms with E-state index >= 15 is 0 Å². The lowest BCUT2D eigenvalue weighted by atomic mass is 9.82. The number of nitrogens with one attached hydrogen (secondary N) is 1. The lowest BCUT2D eigenvalue weighted by Gasteiger charge is -2.43. The molecule has 0 saturated carbocycles. The first-order valence-electron chi connectivity index (χ1n) is 11.6. The summed E-state index contributed by atoms with van der Waals surface area (Å²) >= 11 is 0. The number of carbonyl (C=O) groups excluding carboxylic acids is 2. The molecule has 0 aliphatic carbocycles. The number of rotatable bonds is 5. The number of methoxy groups -OCH3 is 1. The van der Waals surface area contributed by atoms with Crippen molar-refractivity contribution in [3.63, 3.8) is 0 Å². The summed E-state index contributed by atoms with van der Waals surface area (Å²) in [5, 5.41) is 2.79. The zero-order chi connectivity index (χ0) is 23.8. The predicted octanol–water partition coefficient (Wildman–Crippen LogP) is 3.42. The Labute approximate surface area is 194 Å². The van der Waals surface area contributed by atoms with Gasteiger partial charge in [-0.15, -0.1) is 0 Å². The van der Waals surface area contributed by atoms with Crippen molar-refractivity contribution in [3.8, 4) is 5.75 Å². The van der Waals surface area contributed by atoms with Crippen LogP contribution in [0.5, 0.6) is 5.75 Å². The molecule has 2 aliphatic heterocycles. The quantitative estimate of drug-likeness (QED) is 0.755. The van der Waals surface area contributed by atoms with Gasteiger partial charge < -0.3 is 19.5 Å². The topological polar surface area (TPSA) is 80.6 Å². The number of piperidine rings is 1. The summed E-state index contributed by atoms with van der Waals surface area (Å²) in [6.07, 6.45) is 1.70. The van der Waals surface area contributed by atoms with Crippen LogP contribution in [-0.2, 0) is 22.6 Å². The van der Waals surface area contributed by atoms with Crippen LogP contribution in [0.25, 0.3) is 0 Å². The molecule has 0 unspecified atom stereocenters. The monoisotopic (exact) mass is 451 g/mol. The van der Waals surface area contributed by atoms with E-state index in [-0.39, 0.29) is 41.0 Å². The van der Waals surface area contributed by atoms with Crippen LogP contribution in [0.1, 0.15) is 50.8 Å². The van der Waals surface area contributed by atoms with Gasteiger partial charge in [-0.25, -0.2) is 0 Å². The molecule has 0 radical (unpaired) electrons. The smallest absolute Gasteiger partial charge is 0.274 e. The summed E-state index contributed by atoms with van der Waals surface area (Å²) in [6.45, 7) is 8.14. The molecule has 1 N–H and O–H groups in total. The van der Waals surface area contributed by atoms with Gasteiger partial charge in [0.05, 0.1) is 13.5 Å². The second-order valence-electron chi connectivity index (χ2n) is 10.5. The summed E-state index contributed by atoms with van der Waals surface area (Å²) < 4.78 is 6.94. The maximum Gasteiger partial charge on any atom is 0.274 e. The van der Waals surface area contributed by atoms with E-state index in [1.807, 2.05) is 35.2 Å². The highest BCUT2D eigenvalue weighted by Gasteiger charge is 2.37. The van der Waals surface area contributed by atoms with Crippen molar-refractivity contribution in [1.29, 1.82) is 0 Å². The van der Waals surface area contributed by atoms with Crippen LogP contribution < -0.4 is 15.6 Å². The van der Waals surface area contributed by atoms with Gasteiger partial charge in [0.15, 0.2) is 0 Å². The van der Waals surface area contributed by atoms with E-state index in [9.17, 15) is 14.4 Å². The van der Waals surface area contributed by atoms with E-state index < -0.39 is 0 Å². The molecular weight excluding hydrogens is 418 g/mol. The van der Waals surface area contributed by atoms with Gasteiger partial charge >= 0.3 is 0 Å². The number of fused-ring (bicyclic) bond motifs is 4. The van der Waals surface area contributed by atoms with E-state index in [0.717, 1.165) is 23.4 Å². The van der Waals surface area contributed by atoms with Crippen molar-refractivity contribution in [2.75, 3.05) is 25.5 Å². The minimum Gasteiger partial charge on any atom is -0.497 e. The molecule has 2 aliphatic rings. The van der Waals surface area contributed by atoms with Gasteiger partial charge in [-0.3, -0.25) is 14.4 Å². The molecule has 33 heavy (non-hydrogen) atoms. The number of carbonyl (C=O) groups is 2. The van der Waals surface area contributed by atoms with Crippen molar-refractivity contribution in [2.45, 2.75) is 52.5 Å². The van der Waals surface area contributed by atoms with E-state index in [1.165, 1.54) is 0 Å². The number of ether oxygens (including phenoxy) is 1. The Morgan fingerprint density at radius 2 is 1.79 bits per heavy atom. The fraction of sp³-hybridized carbons (Fsp3) is 0.500. The fourth-order valence-electron chi connectivity index (χ4n) is 4.93. The normalized spacial score (nSPS) is 19.6. The van der Waals surface area contributed by atoms with E-state index in [0.29, 0.717) is 31.7 Å². The Hall–Kier alpha value is -3.09. The van der Waals surface area contributed by atoms with Gasteiger partial charge in [0, 0.05) is 37.7 Å². The number of nitrogens with zero attached hydrogens (tertiary/aromatic N) is 2. The van der Waals surface area contributed by atoms with Gasteiger partial charge in [0.25, 0.3) is 5.56 Å². The van der Waals surface area contributed by atoms with Crippen LogP contribution in [0.4, 0.5) is 5.69 Å². The molecule has 2 aromatic rings. The number of hydrogen-bond donors (Lipinski definition) is 1. The van der Waals surface area contributed by atoms with Crippen molar-refractivity contribution in [2.24, 2.45) is 11.3 Å². The Morgan fingerprint density at radius 3 is 2.45 bits per heavy atom. The van der Waals surface area contributed by atoms with Crippen molar-refractivity contribution >= 4 is 17.5 Å². The van der Waals surface area contributed by atoms with Gasteiger partial charge in [-0.2, -0.15) is 0 Å². The van der Waals surface area contributed by atoms with Crippen LogP contribution in [0.3, 0.4) is 0 Å².